The van der Waals surface area contributed by atoms with Gasteiger partial charge in [-0.3, -0.25) is 0 Å². The van der Waals surface area contributed by atoms with Gasteiger partial charge in [-0.25, -0.2) is 0 Å². The number of hydrogen-bond acceptors (Lipinski definition) is 1. The van der Waals surface area contributed by atoms with Crippen molar-refractivity contribution in [3.8, 4) is 12.5 Å². The van der Waals surface area contributed by atoms with E-state index in [0.717, 1.165) is 12.2 Å². The van der Waals surface area contributed by atoms with Gasteiger partial charge in [0.05, 0.1) is 0 Å². The van der Waals surface area contributed by atoms with E-state index in [1.54, 1.807) is 0 Å². The lowest BCUT2D eigenvalue weighted by Crippen LogP contribution is -2.14. The van der Waals surface area contributed by atoms with Crippen LogP contribution in [0.15, 0.2) is 24.3 Å². The second-order valence-corrected chi connectivity index (χ2v) is 2.71. The number of nitrogens with zero attached hydrogens (tertiary/aromatic N) is 1. The Morgan fingerprint density at radius 1 is 1.50 bits per heavy atom. The predicted molar refractivity (Wildman–Crippen MR) is 53.0 cm³/mol. The van der Waals surface area contributed by atoms with Crippen molar-refractivity contribution in [1.82, 2.24) is 0 Å². The molecule has 0 amide bonds. The summed E-state index contributed by atoms with van der Waals surface area (Å²) in [4.78, 5) is 1.88. The quantitative estimate of drug-likeness (QED) is 0.473. The summed E-state index contributed by atoms with van der Waals surface area (Å²) in [5, 5.41) is 0. The fourth-order valence-electron chi connectivity index (χ4n) is 1.14. The highest BCUT2D eigenvalue weighted by molar-refractivity contribution is 5.52. The lowest BCUT2D eigenvalue weighted by molar-refractivity contribution is 1.04. The Hall–Kier alpha value is -1.42. The molecule has 1 heteroatoms. The molecule has 0 unspecified atom stereocenters. The minimum atomic E-state index is 0.847. The van der Waals surface area contributed by atoms with E-state index in [1.165, 1.54) is 5.56 Å². The first-order chi connectivity index (χ1) is 5.77. The molecule has 62 valence electrons. The van der Waals surface area contributed by atoms with E-state index >= 15 is 0 Å². The smallest absolute Gasteiger partial charge is 0.0491 e. The molecular weight excluding hydrogens is 146 g/mol. The molecule has 0 N–H and O–H groups in total. The van der Waals surface area contributed by atoms with Gasteiger partial charge in [-0.15, -0.1) is 0 Å². The number of anilines is 1. The zero-order valence-corrected chi connectivity index (χ0v) is 7.54. The van der Waals surface area contributed by atoms with Gasteiger partial charge in [-0.2, -0.15) is 0 Å². The molecule has 0 fully saturated rings. The minimum absolute atomic E-state index is 0.847. The van der Waals surface area contributed by atoms with Gasteiger partial charge in [-0.05, 0) is 31.5 Å². The third-order valence-corrected chi connectivity index (χ3v) is 1.79. The summed E-state index contributed by atoms with van der Waals surface area (Å²) in [6, 6.07) is 10.8. The van der Waals surface area contributed by atoms with Gasteiger partial charge in [0.15, 0.2) is 0 Å². The van der Waals surface area contributed by atoms with Gasteiger partial charge >= 0.3 is 0 Å². The lowest BCUT2D eigenvalue weighted by atomic mass is 10.2. The molecule has 0 bridgehead atoms. The molecule has 1 rings (SSSR count). The standard InChI is InChI=1S/C11H13N/c1-4-12(5-2)11-8-6-7-10(3)9-11/h1,6-9H,5H2,2-3H3. The number of aryl methyl sites for hydroxylation is 1. The largest absolute Gasteiger partial charge is 0.302 e. The number of terminal acetylenes is 1. The fourth-order valence-corrected chi connectivity index (χ4v) is 1.14. The summed E-state index contributed by atoms with van der Waals surface area (Å²) < 4.78 is 0. The molecule has 1 nitrogen and oxygen atoms in total. The van der Waals surface area contributed by atoms with Crippen LogP contribution in [0.5, 0.6) is 0 Å². The Balaban J connectivity index is 2.95. The highest BCUT2D eigenvalue weighted by Gasteiger charge is 1.98. The molecule has 0 saturated heterocycles. The summed E-state index contributed by atoms with van der Waals surface area (Å²) in [7, 11) is 0. The first kappa shape index (κ1) is 8.67. The lowest BCUT2D eigenvalue weighted by Gasteiger charge is -2.14. The van der Waals surface area contributed by atoms with Crippen LogP contribution >= 0.6 is 0 Å². The Morgan fingerprint density at radius 3 is 2.75 bits per heavy atom. The van der Waals surface area contributed by atoms with Crippen molar-refractivity contribution in [2.75, 3.05) is 11.4 Å². The zero-order valence-electron chi connectivity index (χ0n) is 7.54. The summed E-state index contributed by atoms with van der Waals surface area (Å²) >= 11 is 0. The normalized spacial score (nSPS) is 9.08. The Labute approximate surface area is 74.0 Å². The van der Waals surface area contributed by atoms with Crippen molar-refractivity contribution in [1.29, 1.82) is 0 Å². The molecule has 0 spiro atoms. The SMILES string of the molecule is C#CN(CC)c1cccc(C)c1. The molecular formula is C11H13N. The summed E-state index contributed by atoms with van der Waals surface area (Å²) in [5.74, 6) is 0. The van der Waals surface area contributed by atoms with Crippen LogP contribution in [0, 0.1) is 19.4 Å². The molecule has 0 radical (unpaired) electrons. The number of rotatable bonds is 2. The topological polar surface area (TPSA) is 3.24 Å². The Kier molecular flexibility index (Phi) is 2.76. The van der Waals surface area contributed by atoms with Crippen LogP contribution in [0.25, 0.3) is 0 Å². The molecule has 0 atom stereocenters. The maximum Gasteiger partial charge on any atom is 0.0491 e. The second-order valence-electron chi connectivity index (χ2n) is 2.71. The zero-order chi connectivity index (χ0) is 8.97. The monoisotopic (exact) mass is 159 g/mol. The van der Waals surface area contributed by atoms with Crippen molar-refractivity contribution < 1.29 is 0 Å². The van der Waals surface area contributed by atoms with E-state index in [1.807, 2.05) is 24.0 Å². The molecule has 0 saturated carbocycles. The second kappa shape index (κ2) is 3.82. The Morgan fingerprint density at radius 2 is 2.25 bits per heavy atom. The van der Waals surface area contributed by atoms with Crippen LogP contribution in [-0.2, 0) is 0 Å². The first-order valence-electron chi connectivity index (χ1n) is 4.08. The molecule has 0 aromatic heterocycles. The average Bonchev–Trinajstić information content (AvgIpc) is 2.07. The van der Waals surface area contributed by atoms with E-state index in [0.29, 0.717) is 0 Å². The summed E-state index contributed by atoms with van der Waals surface area (Å²) in [6.07, 6.45) is 5.34. The molecule has 1 aromatic carbocycles. The van der Waals surface area contributed by atoms with Crippen molar-refractivity contribution in [3.63, 3.8) is 0 Å². The van der Waals surface area contributed by atoms with Crippen molar-refractivity contribution in [2.45, 2.75) is 13.8 Å². The van der Waals surface area contributed by atoms with Crippen molar-refractivity contribution >= 4 is 5.69 Å². The van der Waals surface area contributed by atoms with Gasteiger partial charge in [0.25, 0.3) is 0 Å². The molecule has 0 aliphatic carbocycles. The summed E-state index contributed by atoms with van der Waals surface area (Å²) in [6.45, 7) is 4.95. The van der Waals surface area contributed by atoms with E-state index < -0.39 is 0 Å². The maximum absolute atomic E-state index is 5.34. The van der Waals surface area contributed by atoms with E-state index in [9.17, 15) is 0 Å². The van der Waals surface area contributed by atoms with Gasteiger partial charge in [0, 0.05) is 18.3 Å². The van der Waals surface area contributed by atoms with Crippen molar-refractivity contribution in [2.24, 2.45) is 0 Å². The molecule has 0 heterocycles. The highest BCUT2D eigenvalue weighted by atomic mass is 15.1. The molecule has 1 aromatic rings. The van der Waals surface area contributed by atoms with Crippen LogP contribution in [0.2, 0.25) is 0 Å². The van der Waals surface area contributed by atoms with E-state index in [4.69, 9.17) is 6.42 Å². The predicted octanol–water partition coefficient (Wildman–Crippen LogP) is 2.41. The first-order valence-corrected chi connectivity index (χ1v) is 4.08. The average molecular weight is 159 g/mol. The fraction of sp³-hybridized carbons (Fsp3) is 0.273. The molecule has 0 aliphatic heterocycles. The van der Waals surface area contributed by atoms with Crippen molar-refractivity contribution in [3.05, 3.63) is 29.8 Å². The van der Waals surface area contributed by atoms with Crippen LogP contribution in [0.3, 0.4) is 0 Å². The molecule has 12 heavy (non-hydrogen) atoms. The van der Waals surface area contributed by atoms with Crippen LogP contribution < -0.4 is 4.90 Å². The van der Waals surface area contributed by atoms with Crippen LogP contribution in [-0.4, -0.2) is 6.54 Å². The van der Waals surface area contributed by atoms with Gasteiger partial charge < -0.3 is 4.90 Å². The third kappa shape index (κ3) is 1.79. The third-order valence-electron chi connectivity index (χ3n) is 1.79. The van der Waals surface area contributed by atoms with E-state index in [2.05, 4.69) is 25.1 Å². The maximum atomic E-state index is 5.34. The van der Waals surface area contributed by atoms with E-state index in [-0.39, 0.29) is 0 Å². The van der Waals surface area contributed by atoms with Gasteiger partial charge in [-0.1, -0.05) is 18.6 Å². The Bertz CT molecular complexity index is 296. The summed E-state index contributed by atoms with van der Waals surface area (Å²) in [5.41, 5.74) is 2.33. The highest BCUT2D eigenvalue weighted by Crippen LogP contribution is 2.14. The number of hydrogen-bond donors (Lipinski definition) is 0. The molecule has 0 aliphatic rings. The van der Waals surface area contributed by atoms with Crippen LogP contribution in [0.1, 0.15) is 12.5 Å². The minimum Gasteiger partial charge on any atom is -0.302 e. The van der Waals surface area contributed by atoms with Gasteiger partial charge in [0.1, 0.15) is 0 Å². The van der Waals surface area contributed by atoms with Gasteiger partial charge in [0.2, 0.25) is 0 Å². The number of benzene rings is 1. The van der Waals surface area contributed by atoms with Crippen LogP contribution in [0.4, 0.5) is 5.69 Å².